The first-order valence-corrected chi connectivity index (χ1v) is 6.57. The van der Waals surface area contributed by atoms with E-state index in [2.05, 4.69) is 19.1 Å². The van der Waals surface area contributed by atoms with Crippen LogP contribution in [0.5, 0.6) is 0 Å². The van der Waals surface area contributed by atoms with Crippen LogP contribution >= 0.6 is 0 Å². The van der Waals surface area contributed by atoms with Crippen LogP contribution in [0.3, 0.4) is 0 Å². The minimum absolute atomic E-state index is 0.140. The number of benzene rings is 1. The Morgan fingerprint density at radius 2 is 2.00 bits per heavy atom. The molecule has 0 bridgehead atoms. The molecule has 18 heavy (non-hydrogen) atoms. The fraction of sp³-hybridized carbons (Fsp3) is 0.438. The Kier molecular flexibility index (Phi) is 4.15. The molecule has 0 heterocycles. The van der Waals surface area contributed by atoms with Gasteiger partial charge in [0.2, 0.25) is 0 Å². The highest BCUT2D eigenvalue weighted by Gasteiger charge is 2.21. The van der Waals surface area contributed by atoms with Gasteiger partial charge < -0.3 is 0 Å². The normalized spacial score (nSPS) is 24.1. The topological polar surface area (TPSA) is 23.8 Å². The van der Waals surface area contributed by atoms with Crippen LogP contribution in [-0.4, -0.2) is 0 Å². The van der Waals surface area contributed by atoms with Gasteiger partial charge in [0.15, 0.2) is 0 Å². The van der Waals surface area contributed by atoms with Crippen molar-refractivity contribution >= 4 is 0 Å². The van der Waals surface area contributed by atoms with Crippen LogP contribution in [0, 0.1) is 23.1 Å². The van der Waals surface area contributed by atoms with E-state index in [0.717, 1.165) is 18.4 Å². The molecule has 1 nitrogen and oxygen atoms in total. The Morgan fingerprint density at radius 3 is 2.56 bits per heavy atom. The maximum absolute atomic E-state index is 13.6. The van der Waals surface area contributed by atoms with Crippen LogP contribution in [0.2, 0.25) is 0 Å². The van der Waals surface area contributed by atoms with Gasteiger partial charge >= 0.3 is 0 Å². The summed E-state index contributed by atoms with van der Waals surface area (Å²) < 4.78 is 13.6. The summed E-state index contributed by atoms with van der Waals surface area (Å²) in [6, 6.07) is 6.91. The first-order valence-electron chi connectivity index (χ1n) is 6.57. The summed E-state index contributed by atoms with van der Waals surface area (Å²) in [5, 5.41) is 8.72. The zero-order valence-electron chi connectivity index (χ0n) is 10.7. The standard InChI is InChI=1S/C16H18FN/c1-2-3-12-4-6-13(7-5-12)14-8-9-15(11-18)16(17)10-14/h2-3,8-10,12-13H,4-7H2,1H3/b3-2+. The van der Waals surface area contributed by atoms with Gasteiger partial charge in [-0.05, 0) is 62.1 Å². The molecular weight excluding hydrogens is 225 g/mol. The van der Waals surface area contributed by atoms with Crippen LogP contribution in [0.25, 0.3) is 0 Å². The molecule has 0 unspecified atom stereocenters. The van der Waals surface area contributed by atoms with Gasteiger partial charge in [0, 0.05) is 0 Å². The smallest absolute Gasteiger partial charge is 0.141 e. The molecule has 1 aliphatic rings. The van der Waals surface area contributed by atoms with Gasteiger partial charge in [-0.25, -0.2) is 4.39 Å². The summed E-state index contributed by atoms with van der Waals surface area (Å²) in [4.78, 5) is 0. The number of allylic oxidation sites excluding steroid dienone is 2. The summed E-state index contributed by atoms with van der Waals surface area (Å²) in [6.07, 6.45) is 8.97. The van der Waals surface area contributed by atoms with E-state index in [9.17, 15) is 4.39 Å². The fourth-order valence-corrected chi connectivity index (χ4v) is 2.79. The largest absolute Gasteiger partial charge is 0.206 e. The minimum atomic E-state index is -0.384. The summed E-state index contributed by atoms with van der Waals surface area (Å²) in [5.41, 5.74) is 1.19. The van der Waals surface area contributed by atoms with Gasteiger partial charge in [-0.15, -0.1) is 0 Å². The quantitative estimate of drug-likeness (QED) is 0.699. The summed E-state index contributed by atoms with van der Waals surface area (Å²) in [7, 11) is 0. The molecular formula is C16H18FN. The monoisotopic (exact) mass is 243 g/mol. The van der Waals surface area contributed by atoms with E-state index in [1.165, 1.54) is 12.8 Å². The molecule has 94 valence electrons. The number of rotatable bonds is 2. The Bertz CT molecular complexity index is 476. The summed E-state index contributed by atoms with van der Waals surface area (Å²) >= 11 is 0. The zero-order valence-corrected chi connectivity index (χ0v) is 10.7. The molecule has 1 fully saturated rings. The molecule has 1 aliphatic carbocycles. The van der Waals surface area contributed by atoms with Crippen LogP contribution in [-0.2, 0) is 0 Å². The van der Waals surface area contributed by atoms with Crippen LogP contribution in [0.15, 0.2) is 30.4 Å². The highest BCUT2D eigenvalue weighted by Crippen LogP contribution is 2.36. The van der Waals surface area contributed by atoms with Gasteiger partial charge in [-0.1, -0.05) is 18.2 Å². The Balaban J connectivity index is 2.06. The number of nitriles is 1. The van der Waals surface area contributed by atoms with Crippen molar-refractivity contribution in [3.63, 3.8) is 0 Å². The maximum atomic E-state index is 13.6. The van der Waals surface area contributed by atoms with Crippen molar-refractivity contribution in [2.45, 2.75) is 38.5 Å². The first-order chi connectivity index (χ1) is 8.74. The lowest BCUT2D eigenvalue weighted by Crippen LogP contribution is -2.12. The molecule has 0 aliphatic heterocycles. The lowest BCUT2D eigenvalue weighted by atomic mass is 9.78. The van der Waals surface area contributed by atoms with Gasteiger partial charge in [0.05, 0.1) is 5.56 Å². The second-order valence-corrected chi connectivity index (χ2v) is 4.99. The van der Waals surface area contributed by atoms with E-state index in [1.807, 2.05) is 12.1 Å². The van der Waals surface area contributed by atoms with Crippen molar-refractivity contribution in [2.75, 3.05) is 0 Å². The molecule has 1 aromatic carbocycles. The van der Waals surface area contributed by atoms with Crippen molar-refractivity contribution in [2.24, 2.45) is 5.92 Å². The van der Waals surface area contributed by atoms with Crippen LogP contribution in [0.4, 0.5) is 4.39 Å². The third kappa shape index (κ3) is 2.79. The van der Waals surface area contributed by atoms with E-state index < -0.39 is 0 Å². The second kappa shape index (κ2) is 5.82. The maximum Gasteiger partial charge on any atom is 0.141 e. The van der Waals surface area contributed by atoms with Crippen molar-refractivity contribution < 1.29 is 4.39 Å². The Labute approximate surface area is 108 Å². The summed E-state index contributed by atoms with van der Waals surface area (Å²) in [5.74, 6) is 0.758. The first kappa shape index (κ1) is 12.8. The molecule has 0 amide bonds. The van der Waals surface area contributed by atoms with Crippen molar-refractivity contribution in [1.29, 1.82) is 5.26 Å². The summed E-state index contributed by atoms with van der Waals surface area (Å²) in [6.45, 7) is 2.06. The second-order valence-electron chi connectivity index (χ2n) is 4.99. The lowest BCUT2D eigenvalue weighted by Gasteiger charge is -2.27. The zero-order chi connectivity index (χ0) is 13.0. The molecule has 0 saturated heterocycles. The highest BCUT2D eigenvalue weighted by atomic mass is 19.1. The van der Waals surface area contributed by atoms with Gasteiger partial charge in [0.25, 0.3) is 0 Å². The number of hydrogen-bond acceptors (Lipinski definition) is 1. The SMILES string of the molecule is C/C=C/C1CCC(c2ccc(C#N)c(F)c2)CC1. The van der Waals surface area contributed by atoms with Crippen LogP contribution in [0.1, 0.15) is 49.7 Å². The molecule has 1 aromatic rings. The molecule has 0 spiro atoms. The number of nitrogens with zero attached hydrogens (tertiary/aromatic N) is 1. The van der Waals surface area contributed by atoms with Crippen molar-refractivity contribution in [3.8, 4) is 6.07 Å². The fourth-order valence-electron chi connectivity index (χ4n) is 2.79. The van der Waals surface area contributed by atoms with E-state index in [4.69, 9.17) is 5.26 Å². The predicted molar refractivity (Wildman–Crippen MR) is 70.6 cm³/mol. The van der Waals surface area contributed by atoms with Gasteiger partial charge in [0.1, 0.15) is 11.9 Å². The van der Waals surface area contributed by atoms with Crippen LogP contribution < -0.4 is 0 Å². The molecule has 0 aromatic heterocycles. The number of hydrogen-bond donors (Lipinski definition) is 0. The average molecular weight is 243 g/mol. The molecule has 2 heteroatoms. The third-order valence-corrected chi connectivity index (χ3v) is 3.82. The molecule has 1 saturated carbocycles. The van der Waals surface area contributed by atoms with E-state index >= 15 is 0 Å². The third-order valence-electron chi connectivity index (χ3n) is 3.82. The van der Waals surface area contributed by atoms with E-state index in [1.54, 1.807) is 12.1 Å². The van der Waals surface area contributed by atoms with Gasteiger partial charge in [-0.3, -0.25) is 0 Å². The number of halogens is 1. The molecule has 0 radical (unpaired) electrons. The molecule has 2 rings (SSSR count). The van der Waals surface area contributed by atoms with Crippen molar-refractivity contribution in [1.82, 2.24) is 0 Å². The molecule has 0 N–H and O–H groups in total. The van der Waals surface area contributed by atoms with Crippen molar-refractivity contribution in [3.05, 3.63) is 47.3 Å². The predicted octanol–water partition coefficient (Wildman–Crippen LogP) is 4.55. The minimum Gasteiger partial charge on any atom is -0.206 e. The average Bonchev–Trinajstić information content (AvgIpc) is 2.40. The van der Waals surface area contributed by atoms with E-state index in [-0.39, 0.29) is 11.4 Å². The van der Waals surface area contributed by atoms with Gasteiger partial charge in [-0.2, -0.15) is 5.26 Å². The highest BCUT2D eigenvalue weighted by molar-refractivity contribution is 5.34. The lowest BCUT2D eigenvalue weighted by molar-refractivity contribution is 0.375. The molecule has 0 atom stereocenters. The Morgan fingerprint density at radius 1 is 1.28 bits per heavy atom. The van der Waals surface area contributed by atoms with E-state index in [0.29, 0.717) is 11.8 Å². The Hall–Kier alpha value is -1.62.